The Labute approximate surface area is 690 Å². The Morgan fingerprint density at radius 2 is 0.967 bits per heavy atom. The lowest BCUT2D eigenvalue weighted by Gasteiger charge is -2.48. The van der Waals surface area contributed by atoms with Crippen molar-refractivity contribution in [2.75, 3.05) is 39.5 Å². The number of amides is 12. The van der Waals surface area contributed by atoms with Crippen molar-refractivity contribution in [3.8, 4) is 5.75 Å². The number of nitrogens with two attached hydrogens (primary N) is 5. The van der Waals surface area contributed by atoms with Crippen LogP contribution in [0, 0.1) is 11.3 Å². The minimum absolute atomic E-state index is 0.0233. The molecule has 2 heterocycles. The summed E-state index contributed by atoms with van der Waals surface area (Å²) in [6.07, 6.45) is -23.9. The fourth-order valence-electron chi connectivity index (χ4n) is 11.6. The Balaban J connectivity index is 2.27. The van der Waals surface area contributed by atoms with E-state index in [2.05, 4.69) is 53.2 Å². The van der Waals surface area contributed by atoms with Crippen molar-refractivity contribution in [1.82, 2.24) is 53.2 Å². The Kier molecular flexibility index (Phi) is 42.7. The molecule has 12 amide bonds. The van der Waals surface area contributed by atoms with Gasteiger partial charge in [0, 0.05) is 67.9 Å². The summed E-state index contributed by atoms with van der Waals surface area (Å²) in [5.74, 6) is -25.4. The van der Waals surface area contributed by atoms with E-state index in [4.69, 9.17) is 86.2 Å². The lowest BCUT2D eigenvalue weighted by molar-refractivity contribution is -0.361. The molecule has 2 fully saturated rings. The van der Waals surface area contributed by atoms with Gasteiger partial charge in [-0.05, 0) is 49.8 Å². The normalized spacial score (nSPS) is 20.9. The maximum absolute atomic E-state index is 15.2. The first-order valence-corrected chi connectivity index (χ1v) is 37.4. The highest BCUT2D eigenvalue weighted by Crippen LogP contribution is 2.36. The number of aliphatic hydroxyl groups excluding tert-OH is 1. The number of primary amides is 3. The van der Waals surface area contributed by atoms with Crippen molar-refractivity contribution in [1.29, 1.82) is 5.41 Å². The number of benzene rings is 1. The first kappa shape index (κ1) is 103. The lowest BCUT2D eigenvalue weighted by Crippen LogP contribution is -2.67. The van der Waals surface area contributed by atoms with Crippen LogP contribution in [0.3, 0.4) is 0 Å². The van der Waals surface area contributed by atoms with Gasteiger partial charge in [-0.3, -0.25) is 101 Å². The number of aliphatic carboxylic acids is 1. The Bertz CT molecular complexity index is 3890. The summed E-state index contributed by atoms with van der Waals surface area (Å²) in [6, 6.07) is -11.2. The highest BCUT2D eigenvalue weighted by Gasteiger charge is 2.58. The number of carboxylic acid groups (broad SMARTS) is 1. The number of phenols is 1. The van der Waals surface area contributed by atoms with Crippen molar-refractivity contribution in [3.05, 3.63) is 29.8 Å². The number of carboxylic acids is 1. The molecule has 674 valence electrons. The summed E-state index contributed by atoms with van der Waals surface area (Å²) in [4.78, 5) is 265. The molecule has 50 nitrogen and oxygen atoms in total. The third-order valence-corrected chi connectivity index (χ3v) is 17.5. The molecule has 0 aromatic heterocycles. The predicted octanol–water partition coefficient (Wildman–Crippen LogP) is -9.68. The third kappa shape index (κ3) is 36.3. The van der Waals surface area contributed by atoms with Crippen LogP contribution in [0.5, 0.6) is 5.75 Å². The fraction of sp³-hybridized carbons (Fsp3) is 0.620. The molecule has 1 aromatic rings. The summed E-state index contributed by atoms with van der Waals surface area (Å²) in [5, 5.41) is 59.5. The number of aromatic hydroxyl groups is 1. The van der Waals surface area contributed by atoms with Gasteiger partial charge in [-0.2, -0.15) is 0 Å². The largest absolute Gasteiger partial charge is 0.508 e. The van der Waals surface area contributed by atoms with Crippen LogP contribution in [0.15, 0.2) is 24.3 Å². The Morgan fingerprint density at radius 1 is 0.496 bits per heavy atom. The van der Waals surface area contributed by atoms with Crippen molar-refractivity contribution in [2.45, 2.75) is 236 Å². The minimum Gasteiger partial charge on any atom is -0.508 e. The van der Waals surface area contributed by atoms with Crippen molar-refractivity contribution in [2.24, 2.45) is 34.6 Å². The molecular formula is C71H106N16O34. The average Bonchev–Trinajstić information content (AvgIpc) is 0.763. The van der Waals surface area contributed by atoms with Crippen LogP contribution in [0.25, 0.3) is 0 Å². The molecule has 0 saturated carbocycles. The van der Waals surface area contributed by atoms with Crippen LogP contribution in [0.2, 0.25) is 0 Å². The van der Waals surface area contributed by atoms with Crippen molar-refractivity contribution >= 4 is 125 Å². The maximum Gasteiger partial charge on any atom is 0.305 e. The molecule has 121 heavy (non-hydrogen) atoms. The van der Waals surface area contributed by atoms with Gasteiger partial charge in [0.1, 0.15) is 85.6 Å². The van der Waals surface area contributed by atoms with E-state index in [1.807, 2.05) is 0 Å². The molecule has 0 aliphatic carbocycles. The van der Waals surface area contributed by atoms with Crippen molar-refractivity contribution in [3.63, 3.8) is 0 Å². The number of guanidine groups is 1. The van der Waals surface area contributed by atoms with Crippen molar-refractivity contribution < 1.29 is 163 Å². The minimum atomic E-state index is -2.29. The number of nitrogens with one attached hydrogen (secondary N) is 11. The summed E-state index contributed by atoms with van der Waals surface area (Å²) in [6.45, 7) is 5.08. The zero-order chi connectivity index (χ0) is 91.4. The second-order valence-electron chi connectivity index (χ2n) is 27.6. The van der Waals surface area contributed by atoms with Gasteiger partial charge in [0.15, 0.2) is 49.1 Å². The van der Waals surface area contributed by atoms with Gasteiger partial charge in [0.25, 0.3) is 0 Å². The van der Waals surface area contributed by atoms with Crippen LogP contribution in [-0.2, 0) is 154 Å². The summed E-state index contributed by atoms with van der Waals surface area (Å²) >= 11 is 0. The molecule has 2 aliphatic rings. The lowest BCUT2D eigenvalue weighted by atomic mass is 9.96. The summed E-state index contributed by atoms with van der Waals surface area (Å²) in [5.41, 5.74) is 27.7. The van der Waals surface area contributed by atoms with Crippen LogP contribution < -0.4 is 81.8 Å². The molecule has 0 radical (unpaired) electrons. The van der Waals surface area contributed by atoms with Gasteiger partial charge < -0.3 is 149 Å². The first-order valence-electron chi connectivity index (χ1n) is 37.4. The van der Waals surface area contributed by atoms with Crippen LogP contribution in [0.4, 0.5) is 0 Å². The van der Waals surface area contributed by atoms with Gasteiger partial charge >= 0.3 is 47.8 Å². The average molecular weight is 1730 g/mol. The number of esters is 7. The van der Waals surface area contributed by atoms with E-state index in [9.17, 15) is 102 Å². The van der Waals surface area contributed by atoms with Gasteiger partial charge in [-0.1, -0.05) is 32.4 Å². The SMILES string of the molecule is CC[C@H](C)[C@H](NC(=O)CNC(=O)[C@H](Cc1ccc(O)cc1)NC(=O)[C@@H](N)CC(=O)O)C(=O)N[C@@H](CO[C@@H]1O[C@H](COC(C)=O)[C@H](O[C@H]2O[C@H](COC(C)=O)[C@H](OC(C)=O)[C@H](OC(C)=O)[C@H]2OC(C)=O)[C@H](OC(C)=O)[C@H]1OC(C)=O)C(=O)N[C@@H](CCC(N)=O)C(=O)N[C@@H](C)C(=O)N[C@@H](CC(N)=O)C(=O)N[C@@H](CO)C(=O)N[C@@H](CCCNC(=N)N)C(N)=O. The molecule has 0 unspecified atom stereocenters. The summed E-state index contributed by atoms with van der Waals surface area (Å²) < 4.78 is 63.5. The van der Waals surface area contributed by atoms with Gasteiger partial charge in [0.2, 0.25) is 70.9 Å². The molecule has 2 saturated heterocycles. The van der Waals surface area contributed by atoms with Crippen LogP contribution in [-0.4, -0.2) is 295 Å². The van der Waals surface area contributed by atoms with Gasteiger partial charge in [-0.25, -0.2) is 0 Å². The highest BCUT2D eigenvalue weighted by molar-refractivity contribution is 5.99. The highest BCUT2D eigenvalue weighted by atomic mass is 16.8. The number of phenolic OH excluding ortho intramolecular Hbond substituents is 1. The predicted molar refractivity (Wildman–Crippen MR) is 402 cm³/mol. The van der Waals surface area contributed by atoms with Crippen LogP contribution in [0.1, 0.15) is 120 Å². The quantitative estimate of drug-likeness (QED) is 0.00947. The van der Waals surface area contributed by atoms with Gasteiger partial charge in [-0.15, -0.1) is 0 Å². The van der Waals surface area contributed by atoms with E-state index < -0.39 is 305 Å². The molecular weight excluding hydrogens is 1620 g/mol. The molecule has 50 heteroatoms. The molecule has 3 rings (SSSR count). The number of carbonyl (C=O) groups excluding carboxylic acids is 19. The molecule has 24 N–H and O–H groups in total. The van der Waals surface area contributed by atoms with Gasteiger partial charge in [0.05, 0.1) is 38.6 Å². The smallest absolute Gasteiger partial charge is 0.305 e. The monoisotopic (exact) mass is 1730 g/mol. The zero-order valence-electron chi connectivity index (χ0n) is 67.6. The second kappa shape index (κ2) is 50.4. The van der Waals surface area contributed by atoms with E-state index in [0.29, 0.717) is 5.56 Å². The molecule has 1 aromatic carbocycles. The fourth-order valence-corrected chi connectivity index (χ4v) is 11.6. The second-order valence-corrected chi connectivity index (χ2v) is 27.6. The van der Waals surface area contributed by atoms with E-state index >= 15 is 9.59 Å². The number of aliphatic hydroxyl groups is 1. The zero-order valence-corrected chi connectivity index (χ0v) is 67.6. The molecule has 0 bridgehead atoms. The number of hydrogen-bond donors (Lipinski definition) is 19. The van der Waals surface area contributed by atoms with E-state index in [1.165, 1.54) is 31.2 Å². The van der Waals surface area contributed by atoms with E-state index in [0.717, 1.165) is 55.4 Å². The van der Waals surface area contributed by atoms with E-state index in [1.54, 1.807) is 6.92 Å². The molecule has 2 aliphatic heterocycles. The topological polar surface area (TPSA) is 778 Å². The number of rotatable bonds is 49. The number of hydrogen-bond acceptors (Lipinski definition) is 35. The number of ether oxygens (including phenoxy) is 11. The van der Waals surface area contributed by atoms with E-state index in [-0.39, 0.29) is 38.0 Å². The standard InChI is InChI=1S/C71H106N16O34/c1-11-29(2)53(87-51(99)24-79-63(105)43(21-38-14-16-39(96)17-15-38)84-62(104)40(72)22-52(100)101)68(110)86-46(67(109)82-42(18-19-49(73)97)64(106)80-30(3)61(103)83-44(23-50(74)98)65(107)85-45(25-88)66(108)81-41(60(75)102)13-12-20-78-71(76)77)26-113-69-58(117-36(9)94)57(116-35(8)93)55(48(119-69)28-112-32(5)90)121-70-59(118-37(10)95)56(115-34(7)92)54(114-33(6)91)47(120-70)27-111-31(4)89/h14-17,29-30,40-48,53-59,69-70,88,96H,11-13,18-28,72H2,1-10H3,(H2,73,97)(H2,74,98)(H2,75,102)(H,79,105)(H,80,106)(H,81,108)(H,82,109)(H,83,103)(H,84,104)(H,85,107)(H,86,110)(H,87,99)(H,100,101)(H4,76,77,78)/t29-,30-,40-,41-,42-,43-,44-,45-,46-,47+,48+,53-,54-,55-,56-,57-,58+,59+,69+,70+/m0/s1. The first-order chi connectivity index (χ1) is 56.6. The number of carbonyl (C=O) groups is 20. The maximum atomic E-state index is 15.2. The van der Waals surface area contributed by atoms with Crippen LogP contribution >= 0.6 is 0 Å². The Hall–Kier alpha value is -12.5. The summed E-state index contributed by atoms with van der Waals surface area (Å²) in [7, 11) is 0. The third-order valence-electron chi connectivity index (χ3n) is 17.5. The molecule has 0 spiro atoms. The Morgan fingerprint density at radius 3 is 1.48 bits per heavy atom. The molecule has 20 atom stereocenters.